The summed E-state index contributed by atoms with van der Waals surface area (Å²) in [6.45, 7) is 6.80. The van der Waals surface area contributed by atoms with Crippen molar-refractivity contribution in [2.75, 3.05) is 73.7 Å². The molecule has 4 atom stereocenters. The van der Waals surface area contributed by atoms with Crippen LogP contribution in [0.15, 0.2) is 108 Å². The number of hydrogen-bond donors (Lipinski definition) is 0. The minimum atomic E-state index is -4.33. The molecular formula is C48H54F6N12S2. The minimum Gasteiger partial charge on any atom is -0.366 e. The highest BCUT2D eigenvalue weighted by atomic mass is 32.2. The van der Waals surface area contributed by atoms with Crippen molar-refractivity contribution >= 4 is 34.9 Å². The SMILES string of the molecule is Cn1c(SCCCN2C[C@@H]3CCN(c4ccccc4C(F)(F)F)[C@@H]3C2)nnc1-c1ccncc1.Cn1c(SCCCN2C[C@H]3CCN(c4ccccc4C(F)(F)F)[C@H]3C2)nnc1-c1ccncc1. The molecule has 0 unspecified atom stereocenters. The molecule has 360 valence electrons. The van der Waals surface area contributed by atoms with Crippen molar-refractivity contribution in [1.82, 2.24) is 49.3 Å². The van der Waals surface area contributed by atoms with E-state index in [4.69, 9.17) is 0 Å². The van der Waals surface area contributed by atoms with Crippen LogP contribution in [0.1, 0.15) is 36.8 Å². The fourth-order valence-corrected chi connectivity index (χ4v) is 11.9. The fraction of sp³-hybridized carbons (Fsp3) is 0.458. The molecule has 0 radical (unpaired) electrons. The van der Waals surface area contributed by atoms with E-state index in [0.29, 0.717) is 36.3 Å². The average molecular weight is 977 g/mol. The second kappa shape index (κ2) is 20.8. The van der Waals surface area contributed by atoms with Crippen LogP contribution in [0.3, 0.4) is 0 Å². The highest BCUT2D eigenvalue weighted by Gasteiger charge is 2.45. The zero-order chi connectivity index (χ0) is 47.4. The summed E-state index contributed by atoms with van der Waals surface area (Å²) in [7, 11) is 3.93. The smallest absolute Gasteiger partial charge is 0.366 e. The summed E-state index contributed by atoms with van der Waals surface area (Å²) >= 11 is 3.36. The molecule has 0 spiro atoms. The number of halogens is 6. The van der Waals surface area contributed by atoms with Crippen LogP contribution in [0.4, 0.5) is 37.7 Å². The molecule has 0 aliphatic carbocycles. The molecule has 68 heavy (non-hydrogen) atoms. The zero-order valence-electron chi connectivity index (χ0n) is 37.9. The molecular weight excluding hydrogens is 923 g/mol. The largest absolute Gasteiger partial charge is 0.418 e. The van der Waals surface area contributed by atoms with Gasteiger partial charge in [-0.05, 0) is 99.1 Å². The van der Waals surface area contributed by atoms with Crippen molar-refractivity contribution in [3.05, 3.63) is 109 Å². The molecule has 4 aromatic heterocycles. The standard InChI is InChI=1S/2C24H27F3N6S/c2*1-31-22(17-7-10-28-11-8-17)29-30-23(31)34-14-4-12-32-15-18-9-13-33(21(18)16-32)20-6-3-2-5-19(20)24(25,26)27/h2*2-3,5-8,10-11,18,21H,4,9,12-16H2,1H3/t2*18-,21+/m10/s1. The number of fused-ring (bicyclic) bond motifs is 2. The number of alkyl halides is 6. The summed E-state index contributed by atoms with van der Waals surface area (Å²) < 4.78 is 85.2. The molecule has 6 aromatic rings. The summed E-state index contributed by atoms with van der Waals surface area (Å²) in [4.78, 5) is 16.9. The Morgan fingerprint density at radius 1 is 0.529 bits per heavy atom. The number of anilines is 2. The summed E-state index contributed by atoms with van der Waals surface area (Å²) in [6, 6.07) is 19.9. The van der Waals surface area contributed by atoms with Crippen LogP contribution < -0.4 is 9.80 Å². The highest BCUT2D eigenvalue weighted by molar-refractivity contribution is 7.99. The Morgan fingerprint density at radius 2 is 0.926 bits per heavy atom. The normalized spacial score (nSPS) is 20.8. The van der Waals surface area contributed by atoms with Gasteiger partial charge in [-0.15, -0.1) is 20.4 Å². The number of para-hydroxylation sites is 2. The molecule has 4 aliphatic rings. The van der Waals surface area contributed by atoms with Gasteiger partial charge in [0.1, 0.15) is 0 Å². The predicted molar refractivity (Wildman–Crippen MR) is 253 cm³/mol. The van der Waals surface area contributed by atoms with Gasteiger partial charge in [0.05, 0.1) is 11.1 Å². The second-order valence-electron chi connectivity index (χ2n) is 17.8. The molecule has 0 N–H and O–H groups in total. The molecule has 20 heteroatoms. The van der Waals surface area contributed by atoms with Gasteiger partial charge in [-0.2, -0.15) is 26.3 Å². The van der Waals surface area contributed by atoms with Gasteiger partial charge in [0.25, 0.3) is 0 Å². The quantitative estimate of drug-likeness (QED) is 0.0592. The van der Waals surface area contributed by atoms with E-state index in [1.54, 1.807) is 72.6 Å². The topological polar surface area (TPSA) is 100 Å². The Balaban J connectivity index is 0.000000170. The molecule has 8 heterocycles. The van der Waals surface area contributed by atoms with Gasteiger partial charge in [0.15, 0.2) is 22.0 Å². The van der Waals surface area contributed by atoms with Crippen molar-refractivity contribution in [2.45, 2.75) is 60.4 Å². The van der Waals surface area contributed by atoms with E-state index in [9.17, 15) is 26.3 Å². The fourth-order valence-electron chi connectivity index (χ4n) is 10.3. The van der Waals surface area contributed by atoms with Gasteiger partial charge in [0.2, 0.25) is 0 Å². The summed E-state index contributed by atoms with van der Waals surface area (Å²) in [6.07, 6.45) is 2.16. The van der Waals surface area contributed by atoms with Gasteiger partial charge < -0.3 is 28.7 Å². The monoisotopic (exact) mass is 976 g/mol. The number of likely N-dealkylation sites (tertiary alicyclic amines) is 2. The number of aromatic nitrogens is 8. The third-order valence-corrected chi connectivity index (χ3v) is 15.7. The number of rotatable bonds is 14. The summed E-state index contributed by atoms with van der Waals surface area (Å²) in [5, 5.41) is 19.0. The van der Waals surface area contributed by atoms with Crippen molar-refractivity contribution in [1.29, 1.82) is 0 Å². The maximum absolute atomic E-state index is 13.5. The molecule has 4 fully saturated rings. The van der Waals surface area contributed by atoms with Crippen LogP contribution >= 0.6 is 23.5 Å². The first-order valence-electron chi connectivity index (χ1n) is 23.0. The van der Waals surface area contributed by atoms with Crippen LogP contribution in [0.2, 0.25) is 0 Å². The second-order valence-corrected chi connectivity index (χ2v) is 19.9. The Bertz CT molecular complexity index is 2420. The first-order valence-corrected chi connectivity index (χ1v) is 25.0. The Hall–Kier alpha value is -5.18. The number of thioether (sulfide) groups is 2. The van der Waals surface area contributed by atoms with Crippen molar-refractivity contribution in [3.63, 3.8) is 0 Å². The Labute approximate surface area is 400 Å². The van der Waals surface area contributed by atoms with Crippen molar-refractivity contribution in [2.24, 2.45) is 25.9 Å². The lowest BCUT2D eigenvalue weighted by atomic mass is 10.0. The number of nitrogens with zero attached hydrogens (tertiary/aromatic N) is 12. The molecule has 12 nitrogen and oxygen atoms in total. The van der Waals surface area contributed by atoms with E-state index in [1.807, 2.05) is 57.3 Å². The van der Waals surface area contributed by atoms with Crippen LogP contribution in [-0.4, -0.2) is 125 Å². The Morgan fingerprint density at radius 3 is 1.32 bits per heavy atom. The molecule has 0 amide bonds. The van der Waals surface area contributed by atoms with E-state index in [0.717, 1.165) is 110 Å². The van der Waals surface area contributed by atoms with Crippen molar-refractivity contribution in [3.8, 4) is 22.8 Å². The third-order valence-electron chi connectivity index (χ3n) is 13.5. The minimum absolute atomic E-state index is 0.151. The third kappa shape index (κ3) is 10.7. The van der Waals surface area contributed by atoms with E-state index >= 15 is 0 Å². The number of hydrogen-bond acceptors (Lipinski definition) is 12. The molecule has 2 aromatic carbocycles. The summed E-state index contributed by atoms with van der Waals surface area (Å²) in [5.74, 6) is 4.31. The maximum atomic E-state index is 13.5. The molecule has 0 saturated carbocycles. The van der Waals surface area contributed by atoms with Crippen molar-refractivity contribution < 1.29 is 26.3 Å². The van der Waals surface area contributed by atoms with Gasteiger partial charge >= 0.3 is 12.4 Å². The summed E-state index contributed by atoms with van der Waals surface area (Å²) in [5.41, 5.74) is 1.56. The Kier molecular flexibility index (Phi) is 14.7. The van der Waals surface area contributed by atoms with E-state index in [-0.39, 0.29) is 12.1 Å². The van der Waals surface area contributed by atoms with Crippen LogP contribution in [-0.2, 0) is 26.4 Å². The maximum Gasteiger partial charge on any atom is 0.418 e. The van der Waals surface area contributed by atoms with Gasteiger partial charge in [-0.3, -0.25) is 9.97 Å². The van der Waals surface area contributed by atoms with E-state index in [1.165, 1.54) is 24.3 Å². The molecule has 0 bridgehead atoms. The van der Waals surface area contributed by atoms with E-state index < -0.39 is 23.5 Å². The van der Waals surface area contributed by atoms with Crippen LogP contribution in [0.25, 0.3) is 22.8 Å². The molecule has 4 saturated heterocycles. The van der Waals surface area contributed by atoms with Crippen LogP contribution in [0, 0.1) is 11.8 Å². The average Bonchev–Trinajstić information content (AvgIpc) is 4.20. The highest BCUT2D eigenvalue weighted by Crippen LogP contribution is 2.44. The van der Waals surface area contributed by atoms with Crippen LogP contribution in [0.5, 0.6) is 0 Å². The predicted octanol–water partition coefficient (Wildman–Crippen LogP) is 9.18. The first kappa shape index (κ1) is 47.9. The van der Waals surface area contributed by atoms with Gasteiger partial charge in [-0.1, -0.05) is 47.8 Å². The lowest BCUT2D eigenvalue weighted by Crippen LogP contribution is -2.36. The van der Waals surface area contributed by atoms with E-state index in [2.05, 4.69) is 40.2 Å². The number of benzene rings is 2. The number of pyridine rings is 2. The molecule has 10 rings (SSSR count). The first-order chi connectivity index (χ1) is 32.8. The van der Waals surface area contributed by atoms with Gasteiger partial charge in [0, 0.05) is 124 Å². The molecule has 4 aliphatic heterocycles. The lowest BCUT2D eigenvalue weighted by molar-refractivity contribution is -0.138. The van der Waals surface area contributed by atoms with Gasteiger partial charge in [-0.25, -0.2) is 0 Å². The zero-order valence-corrected chi connectivity index (χ0v) is 39.5. The lowest BCUT2D eigenvalue weighted by Gasteiger charge is -2.29.